The number of fused-ring (bicyclic) bond motifs is 5. The molecular formula is C34H48Cl2N2O4. The zero-order valence-corrected chi connectivity index (χ0v) is 27.0. The van der Waals surface area contributed by atoms with Crippen LogP contribution in [0.3, 0.4) is 0 Å². The summed E-state index contributed by atoms with van der Waals surface area (Å²) in [6, 6.07) is 7.29. The summed E-state index contributed by atoms with van der Waals surface area (Å²) in [5.74, 6) is 3.29. The monoisotopic (exact) mass is 618 g/mol. The third-order valence-corrected chi connectivity index (χ3v) is 12.1. The highest BCUT2D eigenvalue weighted by atomic mass is 35.5. The van der Waals surface area contributed by atoms with Gasteiger partial charge >= 0.3 is 5.97 Å². The molecule has 8 atom stereocenters. The van der Waals surface area contributed by atoms with Crippen LogP contribution < -0.4 is 10.2 Å². The van der Waals surface area contributed by atoms with Crippen LogP contribution in [-0.2, 0) is 25.5 Å². The number of hydrogen-bond donors (Lipinski definition) is 1. The number of anilines is 1. The average Bonchev–Trinajstić information content (AvgIpc) is 3.29. The number of benzene rings is 1. The second-order valence-corrected chi connectivity index (χ2v) is 14.7. The largest absolute Gasteiger partial charge is 0.460 e. The first kappa shape index (κ1) is 31.6. The lowest BCUT2D eigenvalue weighted by Crippen LogP contribution is -2.54. The lowest BCUT2D eigenvalue weighted by atomic mass is 9.45. The highest BCUT2D eigenvalue weighted by molar-refractivity contribution is 6.18. The van der Waals surface area contributed by atoms with Crippen LogP contribution in [0.4, 0.5) is 5.69 Å². The number of nitrogens with one attached hydrogen (secondary N) is 1. The molecule has 8 heteroatoms. The summed E-state index contributed by atoms with van der Waals surface area (Å²) < 4.78 is 6.33. The van der Waals surface area contributed by atoms with Crippen molar-refractivity contribution in [3.05, 3.63) is 29.8 Å². The Kier molecular flexibility index (Phi) is 9.83. The molecule has 0 aromatic heterocycles. The summed E-state index contributed by atoms with van der Waals surface area (Å²) in [6.45, 7) is 7.67. The molecule has 0 heterocycles. The summed E-state index contributed by atoms with van der Waals surface area (Å²) in [5.41, 5.74) is 2.21. The van der Waals surface area contributed by atoms with E-state index in [9.17, 15) is 14.4 Å². The number of Topliss-reactive ketones (excluding diaryl/α,β-unsaturated/α-hetero) is 1. The van der Waals surface area contributed by atoms with Crippen LogP contribution in [0.2, 0.25) is 0 Å². The third-order valence-electron chi connectivity index (χ3n) is 11.8. The van der Waals surface area contributed by atoms with Crippen molar-refractivity contribution in [2.24, 2.45) is 34.5 Å². The first-order valence-corrected chi connectivity index (χ1v) is 17.1. The predicted molar refractivity (Wildman–Crippen MR) is 168 cm³/mol. The Labute approximate surface area is 261 Å². The molecule has 4 aliphatic rings. The van der Waals surface area contributed by atoms with Crippen LogP contribution in [0.5, 0.6) is 0 Å². The summed E-state index contributed by atoms with van der Waals surface area (Å²) >= 11 is 11.9. The number of ketones is 1. The molecule has 0 saturated heterocycles. The van der Waals surface area contributed by atoms with E-state index in [1.807, 2.05) is 24.3 Å². The van der Waals surface area contributed by atoms with Crippen LogP contribution in [0, 0.1) is 34.5 Å². The van der Waals surface area contributed by atoms with Gasteiger partial charge in [0.2, 0.25) is 5.91 Å². The Morgan fingerprint density at radius 1 is 0.976 bits per heavy atom. The van der Waals surface area contributed by atoms with Crippen LogP contribution in [-0.4, -0.2) is 54.7 Å². The van der Waals surface area contributed by atoms with E-state index in [1.165, 1.54) is 13.3 Å². The molecule has 4 aliphatic carbocycles. The third kappa shape index (κ3) is 6.22. The summed E-state index contributed by atoms with van der Waals surface area (Å²) in [5, 5.41) is 2.86. The first-order chi connectivity index (χ1) is 20.1. The Morgan fingerprint density at radius 3 is 2.33 bits per heavy atom. The average molecular weight is 620 g/mol. The van der Waals surface area contributed by atoms with Crippen LogP contribution in [0.15, 0.2) is 24.3 Å². The van der Waals surface area contributed by atoms with Gasteiger partial charge in [-0.25, -0.2) is 4.79 Å². The number of carbonyl (C=O) groups excluding carboxylic acids is 3. The molecule has 0 unspecified atom stereocenters. The quantitative estimate of drug-likeness (QED) is 0.238. The Hall–Kier alpha value is -1.79. The second-order valence-electron chi connectivity index (χ2n) is 13.9. The molecule has 1 N–H and O–H groups in total. The van der Waals surface area contributed by atoms with Gasteiger partial charge in [-0.3, -0.25) is 9.59 Å². The number of rotatable bonds is 10. The molecule has 4 saturated carbocycles. The molecule has 0 radical (unpaired) electrons. The minimum atomic E-state index is -0.733. The molecule has 4 fully saturated rings. The summed E-state index contributed by atoms with van der Waals surface area (Å²) in [6.07, 6.45) is 9.31. The van der Waals surface area contributed by atoms with Crippen LogP contribution in [0.25, 0.3) is 0 Å². The fraction of sp³-hybridized carbons (Fsp3) is 0.735. The molecule has 5 rings (SSSR count). The maximum Gasteiger partial charge on any atom is 0.329 e. The second kappa shape index (κ2) is 13.1. The van der Waals surface area contributed by atoms with Gasteiger partial charge in [0.25, 0.3) is 0 Å². The molecule has 1 aromatic rings. The number of halogens is 2. The van der Waals surface area contributed by atoms with Crippen molar-refractivity contribution in [2.75, 3.05) is 29.7 Å². The van der Waals surface area contributed by atoms with Gasteiger partial charge < -0.3 is 15.0 Å². The topological polar surface area (TPSA) is 75.7 Å². The van der Waals surface area contributed by atoms with E-state index in [1.54, 1.807) is 0 Å². The summed E-state index contributed by atoms with van der Waals surface area (Å²) in [7, 11) is 0. The number of carbonyl (C=O) groups is 3. The van der Waals surface area contributed by atoms with Gasteiger partial charge in [-0.2, -0.15) is 0 Å². The summed E-state index contributed by atoms with van der Waals surface area (Å²) in [4.78, 5) is 40.1. The van der Waals surface area contributed by atoms with Crippen molar-refractivity contribution in [2.45, 2.75) is 97.1 Å². The molecule has 1 amide bonds. The maximum absolute atomic E-state index is 13.6. The van der Waals surface area contributed by atoms with Gasteiger partial charge in [-0.1, -0.05) is 26.0 Å². The molecule has 232 valence electrons. The number of ether oxygens (including phenoxy) is 1. The Bertz CT molecular complexity index is 1140. The van der Waals surface area contributed by atoms with Gasteiger partial charge in [0.15, 0.2) is 0 Å². The van der Waals surface area contributed by atoms with Gasteiger partial charge in [0, 0.05) is 62.1 Å². The van der Waals surface area contributed by atoms with E-state index in [-0.39, 0.29) is 28.8 Å². The fourth-order valence-corrected chi connectivity index (χ4v) is 9.91. The van der Waals surface area contributed by atoms with Gasteiger partial charge in [0.1, 0.15) is 17.9 Å². The van der Waals surface area contributed by atoms with Crippen molar-refractivity contribution in [1.29, 1.82) is 0 Å². The normalized spacial score (nSPS) is 34.5. The van der Waals surface area contributed by atoms with E-state index in [0.717, 1.165) is 62.6 Å². The molecule has 1 aromatic carbocycles. The van der Waals surface area contributed by atoms with E-state index in [0.29, 0.717) is 60.7 Å². The van der Waals surface area contributed by atoms with E-state index >= 15 is 0 Å². The number of amides is 1. The number of nitrogens with zero attached hydrogens (tertiary/aromatic N) is 1. The standard InChI is InChI=1S/C34H48Cl2N2O4/c1-22(39)37-30(20-23-4-7-25(8-5-23)38(18-16-35)19-17-36)32(41)42-31-11-10-28-27-9-6-24-21-26(40)12-14-33(24,2)29(27)13-15-34(28,31)3/h4-5,7-8,24,27-31H,6,9-21H2,1-3H3,(H,37,39)/t24-,27-,28-,29-,30+,31-,33-,34-/m0/s1. The van der Waals surface area contributed by atoms with Crippen LogP contribution >= 0.6 is 23.2 Å². The van der Waals surface area contributed by atoms with Crippen molar-refractivity contribution < 1.29 is 19.1 Å². The molecule has 42 heavy (non-hydrogen) atoms. The van der Waals surface area contributed by atoms with E-state index in [4.69, 9.17) is 27.9 Å². The van der Waals surface area contributed by atoms with Crippen LogP contribution in [0.1, 0.15) is 84.1 Å². The minimum absolute atomic E-state index is 0.0404. The molecule has 0 bridgehead atoms. The van der Waals surface area contributed by atoms with E-state index in [2.05, 4.69) is 24.1 Å². The molecular weight excluding hydrogens is 571 g/mol. The van der Waals surface area contributed by atoms with Crippen molar-refractivity contribution >= 4 is 46.5 Å². The smallest absolute Gasteiger partial charge is 0.329 e. The van der Waals surface area contributed by atoms with Crippen molar-refractivity contribution in [3.8, 4) is 0 Å². The van der Waals surface area contributed by atoms with Gasteiger partial charge in [-0.05, 0) is 91.7 Å². The fourth-order valence-electron chi connectivity index (χ4n) is 9.50. The highest BCUT2D eigenvalue weighted by Crippen LogP contribution is 2.66. The molecule has 0 spiro atoms. The zero-order chi connectivity index (χ0) is 30.1. The number of alkyl halides is 2. The lowest BCUT2D eigenvalue weighted by Gasteiger charge is -2.60. The highest BCUT2D eigenvalue weighted by Gasteiger charge is 2.61. The molecule has 0 aliphatic heterocycles. The lowest BCUT2D eigenvalue weighted by molar-refractivity contribution is -0.167. The van der Waals surface area contributed by atoms with Crippen molar-refractivity contribution in [1.82, 2.24) is 5.32 Å². The zero-order valence-electron chi connectivity index (χ0n) is 25.5. The van der Waals surface area contributed by atoms with E-state index < -0.39 is 6.04 Å². The number of hydrogen-bond acceptors (Lipinski definition) is 5. The SMILES string of the molecule is CC(=O)N[C@H](Cc1ccc(N(CCCl)CCCl)cc1)C(=O)O[C@H]1CC[C@H]2[C@@H]3CC[C@H]4CC(=O)CC[C@]4(C)[C@H]3CC[C@]12C. The minimum Gasteiger partial charge on any atom is -0.460 e. The van der Waals surface area contributed by atoms with Crippen molar-refractivity contribution in [3.63, 3.8) is 0 Å². The van der Waals surface area contributed by atoms with Gasteiger partial charge in [0.05, 0.1) is 0 Å². The van der Waals surface area contributed by atoms with Gasteiger partial charge in [-0.15, -0.1) is 23.2 Å². The Balaban J connectivity index is 1.26. The maximum atomic E-state index is 13.6. The predicted octanol–water partition coefficient (Wildman–Crippen LogP) is 6.54. The molecule has 6 nitrogen and oxygen atoms in total. The number of esters is 1. The first-order valence-electron chi connectivity index (χ1n) is 16.0. The Morgan fingerprint density at radius 2 is 1.67 bits per heavy atom.